The van der Waals surface area contributed by atoms with E-state index in [1.807, 2.05) is 22.6 Å². The summed E-state index contributed by atoms with van der Waals surface area (Å²) in [4.78, 5) is 22.6. The van der Waals surface area contributed by atoms with Gasteiger partial charge in [-0.2, -0.15) is 4.98 Å². The third-order valence-corrected chi connectivity index (χ3v) is 2.64. The van der Waals surface area contributed by atoms with Crippen molar-refractivity contribution in [3.8, 4) is 23.2 Å². The van der Waals surface area contributed by atoms with Gasteiger partial charge in [0.15, 0.2) is 17.1 Å². The van der Waals surface area contributed by atoms with Gasteiger partial charge in [0.2, 0.25) is 11.8 Å². The van der Waals surface area contributed by atoms with Gasteiger partial charge < -0.3 is 18.4 Å². The molecular formula is C10H4IN3O5. The van der Waals surface area contributed by atoms with Crippen LogP contribution in [0.3, 0.4) is 0 Å². The molecule has 8 nitrogen and oxygen atoms in total. The lowest BCUT2D eigenvalue weighted by molar-refractivity contribution is 0.0690. The Kier molecular flexibility index (Phi) is 2.81. The topological polar surface area (TPSA) is 115 Å². The third-order valence-electron chi connectivity index (χ3n) is 2.14. The highest BCUT2D eigenvalue weighted by Gasteiger charge is 2.17. The lowest BCUT2D eigenvalue weighted by Gasteiger charge is -1.84. The minimum Gasteiger partial charge on any atom is -0.476 e. The summed E-state index contributed by atoms with van der Waals surface area (Å²) in [5.74, 6) is -0.882. The molecule has 0 bridgehead atoms. The number of oxazole rings is 3. The van der Waals surface area contributed by atoms with Gasteiger partial charge in [0.1, 0.15) is 18.8 Å². The number of hydrogen-bond donors (Lipinski definition) is 1. The number of aromatic carboxylic acids is 1. The predicted octanol–water partition coefficient (Wildman–Crippen LogP) is 2.29. The van der Waals surface area contributed by atoms with Gasteiger partial charge in [0.25, 0.3) is 3.90 Å². The van der Waals surface area contributed by atoms with Crippen LogP contribution in [-0.2, 0) is 0 Å². The van der Waals surface area contributed by atoms with E-state index in [-0.39, 0.29) is 23.2 Å². The molecule has 96 valence electrons. The van der Waals surface area contributed by atoms with Gasteiger partial charge in [-0.1, -0.05) is 0 Å². The Bertz CT molecular complexity index is 744. The molecule has 0 fully saturated rings. The average Bonchev–Trinajstić information content (AvgIpc) is 3.07. The smallest absolute Gasteiger partial charge is 0.357 e. The first-order valence-electron chi connectivity index (χ1n) is 4.89. The highest BCUT2D eigenvalue weighted by Crippen LogP contribution is 2.24. The number of carboxylic acids is 1. The van der Waals surface area contributed by atoms with Gasteiger partial charge in [0.05, 0.1) is 0 Å². The summed E-state index contributed by atoms with van der Waals surface area (Å²) < 4.78 is 15.7. The molecule has 3 aromatic heterocycles. The largest absolute Gasteiger partial charge is 0.476 e. The molecule has 0 saturated carbocycles. The second-order valence-electron chi connectivity index (χ2n) is 3.37. The molecule has 0 spiro atoms. The Morgan fingerprint density at radius 2 is 1.63 bits per heavy atom. The van der Waals surface area contributed by atoms with Crippen molar-refractivity contribution in [2.24, 2.45) is 0 Å². The first-order chi connectivity index (χ1) is 9.13. The van der Waals surface area contributed by atoms with Crippen molar-refractivity contribution in [1.29, 1.82) is 0 Å². The quantitative estimate of drug-likeness (QED) is 0.696. The fourth-order valence-corrected chi connectivity index (χ4v) is 1.72. The molecule has 0 aliphatic carbocycles. The van der Waals surface area contributed by atoms with Crippen LogP contribution in [0.2, 0.25) is 0 Å². The summed E-state index contributed by atoms with van der Waals surface area (Å²) in [6.45, 7) is 0. The fourth-order valence-electron chi connectivity index (χ4n) is 1.33. The van der Waals surface area contributed by atoms with Crippen LogP contribution in [0.4, 0.5) is 0 Å². The number of nitrogens with zero attached hydrogens (tertiary/aromatic N) is 3. The van der Waals surface area contributed by atoms with Gasteiger partial charge in [0, 0.05) is 22.6 Å². The minimum absolute atomic E-state index is 0.0607. The van der Waals surface area contributed by atoms with E-state index < -0.39 is 5.97 Å². The Hall–Kier alpha value is -2.17. The zero-order valence-electron chi connectivity index (χ0n) is 9.03. The molecule has 0 saturated heterocycles. The standard InChI is InChI=1S/C10H4IN3O5/c11-10-14-5(2-19-10)8-12-4(1-17-8)7-13-6(3-18-7)9(15)16/h1-3H,(H,15,16). The molecule has 0 radical (unpaired) electrons. The maximum Gasteiger partial charge on any atom is 0.357 e. The predicted molar refractivity (Wildman–Crippen MR) is 67.2 cm³/mol. The molecule has 0 aliphatic heterocycles. The molecule has 3 aromatic rings. The molecular weight excluding hydrogens is 369 g/mol. The summed E-state index contributed by atoms with van der Waals surface area (Å²) in [5.41, 5.74) is 0.511. The number of aromatic nitrogens is 3. The van der Waals surface area contributed by atoms with Gasteiger partial charge in [-0.05, 0) is 0 Å². The van der Waals surface area contributed by atoms with Crippen molar-refractivity contribution >= 4 is 28.6 Å². The number of hydrogen-bond acceptors (Lipinski definition) is 7. The fraction of sp³-hybridized carbons (Fsp3) is 0. The zero-order valence-corrected chi connectivity index (χ0v) is 11.2. The summed E-state index contributed by atoms with van der Waals surface area (Å²) in [6.07, 6.45) is 3.73. The van der Waals surface area contributed by atoms with E-state index >= 15 is 0 Å². The van der Waals surface area contributed by atoms with Gasteiger partial charge in [-0.15, -0.1) is 0 Å². The lowest BCUT2D eigenvalue weighted by Crippen LogP contribution is -1.95. The molecule has 19 heavy (non-hydrogen) atoms. The van der Waals surface area contributed by atoms with Crippen LogP contribution in [0, 0.1) is 3.90 Å². The van der Waals surface area contributed by atoms with Crippen molar-refractivity contribution in [3.05, 3.63) is 28.4 Å². The van der Waals surface area contributed by atoms with Crippen LogP contribution in [0.1, 0.15) is 10.5 Å². The highest BCUT2D eigenvalue weighted by molar-refractivity contribution is 14.1. The zero-order chi connectivity index (χ0) is 13.4. The third kappa shape index (κ3) is 2.23. The van der Waals surface area contributed by atoms with Crippen LogP contribution in [-0.4, -0.2) is 26.0 Å². The number of halogens is 1. The maximum atomic E-state index is 10.7. The maximum absolute atomic E-state index is 10.7. The van der Waals surface area contributed by atoms with Crippen molar-refractivity contribution in [2.75, 3.05) is 0 Å². The highest BCUT2D eigenvalue weighted by atomic mass is 127. The Morgan fingerprint density at radius 3 is 2.26 bits per heavy atom. The van der Waals surface area contributed by atoms with Gasteiger partial charge >= 0.3 is 5.97 Å². The Labute approximate surface area is 118 Å². The molecule has 0 amide bonds. The van der Waals surface area contributed by atoms with E-state index in [1.165, 1.54) is 12.5 Å². The van der Waals surface area contributed by atoms with Crippen LogP contribution in [0.5, 0.6) is 0 Å². The lowest BCUT2D eigenvalue weighted by atomic mass is 10.4. The average molecular weight is 373 g/mol. The first-order valence-corrected chi connectivity index (χ1v) is 5.97. The Morgan fingerprint density at radius 1 is 1.00 bits per heavy atom. The molecule has 0 atom stereocenters. The summed E-state index contributed by atoms with van der Waals surface area (Å²) in [6, 6.07) is 0. The monoisotopic (exact) mass is 373 g/mol. The molecule has 3 rings (SSSR count). The SMILES string of the molecule is O=C(O)c1coc(-c2coc(-c3coc(I)n3)n2)n1. The van der Waals surface area contributed by atoms with Crippen LogP contribution >= 0.6 is 22.6 Å². The molecule has 1 N–H and O–H groups in total. The molecule has 3 heterocycles. The van der Waals surface area contributed by atoms with Crippen LogP contribution in [0.15, 0.2) is 32.0 Å². The van der Waals surface area contributed by atoms with E-state index in [1.54, 1.807) is 0 Å². The minimum atomic E-state index is -1.18. The Balaban J connectivity index is 1.94. The van der Waals surface area contributed by atoms with Crippen LogP contribution < -0.4 is 0 Å². The second kappa shape index (κ2) is 4.50. The number of carboxylic acid groups (broad SMARTS) is 1. The molecule has 0 aliphatic rings. The molecule has 9 heteroatoms. The summed E-state index contributed by atoms with van der Waals surface area (Å²) >= 11 is 1.91. The first kappa shape index (κ1) is 11.9. The van der Waals surface area contributed by atoms with Gasteiger partial charge in [-0.25, -0.2) is 14.8 Å². The van der Waals surface area contributed by atoms with Gasteiger partial charge in [-0.3, -0.25) is 0 Å². The summed E-state index contributed by atoms with van der Waals surface area (Å²) in [7, 11) is 0. The van der Waals surface area contributed by atoms with Crippen molar-refractivity contribution in [2.45, 2.75) is 0 Å². The van der Waals surface area contributed by atoms with Crippen LogP contribution in [0.25, 0.3) is 23.2 Å². The van der Waals surface area contributed by atoms with E-state index in [0.717, 1.165) is 6.26 Å². The van der Waals surface area contributed by atoms with E-state index in [2.05, 4.69) is 15.0 Å². The molecule has 0 unspecified atom stereocenters. The van der Waals surface area contributed by atoms with Crippen molar-refractivity contribution in [3.63, 3.8) is 0 Å². The second-order valence-corrected chi connectivity index (χ2v) is 4.29. The normalized spacial score (nSPS) is 10.8. The van der Waals surface area contributed by atoms with Crippen molar-refractivity contribution < 1.29 is 23.2 Å². The van der Waals surface area contributed by atoms with Crippen molar-refractivity contribution in [1.82, 2.24) is 15.0 Å². The summed E-state index contributed by atoms with van der Waals surface area (Å²) in [5, 5.41) is 8.74. The van der Waals surface area contributed by atoms with E-state index in [9.17, 15) is 4.79 Å². The molecule has 0 aromatic carbocycles. The number of rotatable bonds is 3. The van der Waals surface area contributed by atoms with E-state index in [4.69, 9.17) is 18.4 Å². The number of carbonyl (C=O) groups is 1. The van der Waals surface area contributed by atoms with E-state index in [0.29, 0.717) is 9.59 Å².